The summed E-state index contributed by atoms with van der Waals surface area (Å²) in [6, 6.07) is 1.56. The molecule has 1 N–H and O–H groups in total. The van der Waals surface area contributed by atoms with E-state index in [2.05, 4.69) is 31.1 Å². The minimum atomic E-state index is 0.699. The molecule has 2 nitrogen and oxygen atoms in total. The summed E-state index contributed by atoms with van der Waals surface area (Å²) in [7, 11) is 2.24. The van der Waals surface area contributed by atoms with Crippen LogP contribution < -0.4 is 5.32 Å². The van der Waals surface area contributed by atoms with Crippen LogP contribution in [0.1, 0.15) is 20.3 Å². The van der Waals surface area contributed by atoms with Crippen LogP contribution in [0.15, 0.2) is 0 Å². The van der Waals surface area contributed by atoms with Crippen molar-refractivity contribution in [1.82, 2.24) is 10.2 Å². The molecule has 0 amide bonds. The number of hydrogen-bond acceptors (Lipinski definition) is 2. The van der Waals surface area contributed by atoms with Gasteiger partial charge in [-0.3, -0.25) is 0 Å². The Morgan fingerprint density at radius 3 is 2.67 bits per heavy atom. The van der Waals surface area contributed by atoms with Gasteiger partial charge in [0.15, 0.2) is 0 Å². The SMILES string of the molecule is CC(C)N(C)CC1C2CNC1C2. The highest BCUT2D eigenvalue weighted by molar-refractivity contribution is 5.02. The lowest BCUT2D eigenvalue weighted by Gasteiger charge is -2.38. The van der Waals surface area contributed by atoms with Gasteiger partial charge in [0.05, 0.1) is 0 Å². The standard InChI is InChI=1S/C10H20N2/c1-7(2)12(3)6-9-8-4-10(9)11-5-8/h7-11H,4-6H2,1-3H3. The Morgan fingerprint density at radius 1 is 1.50 bits per heavy atom. The van der Waals surface area contributed by atoms with Gasteiger partial charge in [-0.1, -0.05) is 0 Å². The van der Waals surface area contributed by atoms with Crippen molar-refractivity contribution < 1.29 is 0 Å². The van der Waals surface area contributed by atoms with Crippen molar-refractivity contribution in [3.63, 3.8) is 0 Å². The fourth-order valence-corrected chi connectivity index (χ4v) is 2.40. The molecule has 2 saturated heterocycles. The second-order valence-corrected chi connectivity index (χ2v) is 4.71. The van der Waals surface area contributed by atoms with Crippen molar-refractivity contribution in [3.05, 3.63) is 0 Å². The van der Waals surface area contributed by atoms with Crippen molar-refractivity contribution in [2.24, 2.45) is 11.8 Å². The van der Waals surface area contributed by atoms with Gasteiger partial charge in [-0.25, -0.2) is 0 Å². The van der Waals surface area contributed by atoms with Crippen molar-refractivity contribution in [3.8, 4) is 0 Å². The Balaban J connectivity index is 1.81. The Labute approximate surface area is 75.3 Å². The van der Waals surface area contributed by atoms with E-state index in [1.807, 2.05) is 0 Å². The van der Waals surface area contributed by atoms with Gasteiger partial charge >= 0.3 is 0 Å². The summed E-state index contributed by atoms with van der Waals surface area (Å²) in [4.78, 5) is 2.47. The van der Waals surface area contributed by atoms with Crippen molar-refractivity contribution >= 4 is 0 Å². The van der Waals surface area contributed by atoms with Gasteiger partial charge in [0.25, 0.3) is 0 Å². The van der Waals surface area contributed by atoms with E-state index in [4.69, 9.17) is 0 Å². The fourth-order valence-electron chi connectivity index (χ4n) is 2.40. The summed E-state index contributed by atoms with van der Waals surface area (Å²) < 4.78 is 0. The maximum Gasteiger partial charge on any atom is 0.0114 e. The van der Waals surface area contributed by atoms with Gasteiger partial charge < -0.3 is 10.2 Å². The Bertz CT molecular complexity index is 153. The van der Waals surface area contributed by atoms with Crippen LogP contribution in [0.4, 0.5) is 0 Å². The normalized spacial score (nSPS) is 39.2. The Hall–Kier alpha value is -0.0800. The van der Waals surface area contributed by atoms with Gasteiger partial charge in [-0.15, -0.1) is 0 Å². The summed E-state index contributed by atoms with van der Waals surface area (Å²) in [6.07, 6.45) is 1.44. The van der Waals surface area contributed by atoms with E-state index in [1.165, 1.54) is 19.5 Å². The monoisotopic (exact) mass is 168 g/mol. The number of fused-ring (bicyclic) bond motifs is 1. The molecule has 12 heavy (non-hydrogen) atoms. The first-order valence-corrected chi connectivity index (χ1v) is 5.12. The van der Waals surface area contributed by atoms with Crippen LogP contribution in [0.2, 0.25) is 0 Å². The minimum absolute atomic E-state index is 0.699. The predicted octanol–water partition coefficient (Wildman–Crippen LogP) is 0.935. The van der Waals surface area contributed by atoms with E-state index in [1.54, 1.807) is 0 Å². The Morgan fingerprint density at radius 2 is 2.25 bits per heavy atom. The zero-order valence-electron chi connectivity index (χ0n) is 8.38. The van der Waals surface area contributed by atoms with Gasteiger partial charge in [0, 0.05) is 18.6 Å². The lowest BCUT2D eigenvalue weighted by molar-refractivity contribution is 0.131. The van der Waals surface area contributed by atoms with Crippen LogP contribution in [-0.2, 0) is 0 Å². The maximum absolute atomic E-state index is 3.56. The van der Waals surface area contributed by atoms with Crippen molar-refractivity contribution in [2.75, 3.05) is 20.1 Å². The average molecular weight is 168 g/mol. The highest BCUT2D eigenvalue weighted by Crippen LogP contribution is 2.40. The van der Waals surface area contributed by atoms with Crippen molar-refractivity contribution in [2.45, 2.75) is 32.4 Å². The molecule has 0 radical (unpaired) electrons. The number of hydrogen-bond donors (Lipinski definition) is 1. The number of rotatable bonds is 3. The molecule has 3 aliphatic rings. The third kappa shape index (κ3) is 1.27. The number of nitrogens with one attached hydrogen (secondary N) is 1. The van der Waals surface area contributed by atoms with Crippen LogP contribution >= 0.6 is 0 Å². The molecule has 1 saturated carbocycles. The van der Waals surface area contributed by atoms with Crippen LogP contribution in [0.25, 0.3) is 0 Å². The molecule has 1 aliphatic carbocycles. The van der Waals surface area contributed by atoms with Gasteiger partial charge in [-0.2, -0.15) is 0 Å². The average Bonchev–Trinajstić information content (AvgIpc) is 2.58. The molecule has 2 heteroatoms. The first-order valence-electron chi connectivity index (χ1n) is 5.12. The molecule has 0 spiro atoms. The third-order valence-corrected chi connectivity index (χ3v) is 3.70. The fraction of sp³-hybridized carbons (Fsp3) is 1.00. The quantitative estimate of drug-likeness (QED) is 0.674. The highest BCUT2D eigenvalue weighted by Gasteiger charge is 2.46. The topological polar surface area (TPSA) is 15.3 Å². The summed E-state index contributed by atoms with van der Waals surface area (Å²) in [6.45, 7) is 7.11. The lowest BCUT2D eigenvalue weighted by atomic mass is 9.73. The van der Waals surface area contributed by atoms with Crippen LogP contribution in [0, 0.1) is 11.8 Å². The second kappa shape index (κ2) is 3.00. The molecule has 0 aromatic carbocycles. The zero-order chi connectivity index (χ0) is 8.72. The second-order valence-electron chi connectivity index (χ2n) is 4.71. The van der Waals surface area contributed by atoms with E-state index in [0.717, 1.165) is 17.9 Å². The highest BCUT2D eigenvalue weighted by atomic mass is 15.1. The molecule has 2 bridgehead atoms. The zero-order valence-corrected chi connectivity index (χ0v) is 8.38. The van der Waals surface area contributed by atoms with E-state index in [0.29, 0.717) is 6.04 Å². The summed E-state index contributed by atoms with van der Waals surface area (Å²) in [5.41, 5.74) is 0. The third-order valence-electron chi connectivity index (χ3n) is 3.70. The molecule has 2 aliphatic heterocycles. The summed E-state index contributed by atoms with van der Waals surface area (Å²) in [5.74, 6) is 1.95. The molecule has 0 aromatic heterocycles. The molecule has 3 atom stereocenters. The van der Waals surface area contributed by atoms with E-state index in [-0.39, 0.29) is 0 Å². The molecular weight excluding hydrogens is 148 g/mol. The van der Waals surface area contributed by atoms with E-state index in [9.17, 15) is 0 Å². The first-order chi connectivity index (χ1) is 5.68. The maximum atomic E-state index is 3.56. The van der Waals surface area contributed by atoms with Crippen molar-refractivity contribution in [1.29, 1.82) is 0 Å². The van der Waals surface area contributed by atoms with Gasteiger partial charge in [0.2, 0.25) is 0 Å². The molecule has 0 aromatic rings. The van der Waals surface area contributed by atoms with Crippen LogP contribution in [0.5, 0.6) is 0 Å². The lowest BCUT2D eigenvalue weighted by Crippen LogP contribution is -2.45. The molecule has 3 unspecified atom stereocenters. The molecule has 70 valence electrons. The molecule has 2 heterocycles. The van der Waals surface area contributed by atoms with Gasteiger partial charge in [-0.05, 0) is 45.7 Å². The van der Waals surface area contributed by atoms with Crippen LogP contribution in [-0.4, -0.2) is 37.1 Å². The summed E-state index contributed by atoms with van der Waals surface area (Å²) >= 11 is 0. The molecule has 3 fully saturated rings. The smallest absolute Gasteiger partial charge is 0.0114 e. The first kappa shape index (κ1) is 8.52. The largest absolute Gasteiger partial charge is 0.313 e. The van der Waals surface area contributed by atoms with E-state index < -0.39 is 0 Å². The Kier molecular flexibility index (Phi) is 2.13. The number of nitrogens with zero attached hydrogens (tertiary/aromatic N) is 1. The summed E-state index contributed by atoms with van der Waals surface area (Å²) in [5, 5.41) is 3.56. The van der Waals surface area contributed by atoms with Crippen LogP contribution in [0.3, 0.4) is 0 Å². The van der Waals surface area contributed by atoms with E-state index >= 15 is 0 Å². The molecule has 3 rings (SSSR count). The minimum Gasteiger partial charge on any atom is -0.313 e. The molecular formula is C10H20N2. The predicted molar refractivity (Wildman–Crippen MR) is 51.2 cm³/mol. The van der Waals surface area contributed by atoms with Gasteiger partial charge in [0.1, 0.15) is 0 Å².